The van der Waals surface area contributed by atoms with E-state index in [4.69, 9.17) is 4.74 Å². The molecular formula is C14H18N2OS. The number of hydrazine groups is 1. The molecule has 3 rings (SSSR count). The van der Waals surface area contributed by atoms with Crippen molar-refractivity contribution in [3.8, 4) is 0 Å². The van der Waals surface area contributed by atoms with Crippen LogP contribution in [0.3, 0.4) is 0 Å². The standard InChI is InChI=1S/C14H18N2OS/c1-11(15-16-6-8-17-9-7-16)14-10-12-4-2-3-5-13(12)18-14/h2-5,10-11,15H,6-9H2,1H3. The molecule has 96 valence electrons. The first-order chi connectivity index (χ1) is 8.83. The molecule has 3 nitrogen and oxygen atoms in total. The number of hydrogen-bond acceptors (Lipinski definition) is 4. The Hall–Kier alpha value is -0.940. The smallest absolute Gasteiger partial charge is 0.0608 e. The van der Waals surface area contributed by atoms with Crippen molar-refractivity contribution < 1.29 is 4.74 Å². The number of thiophene rings is 1. The third-order valence-electron chi connectivity index (χ3n) is 3.26. The molecule has 2 aromatic rings. The van der Waals surface area contributed by atoms with Gasteiger partial charge in [0.25, 0.3) is 0 Å². The van der Waals surface area contributed by atoms with Crippen LogP contribution in [-0.2, 0) is 4.74 Å². The zero-order valence-corrected chi connectivity index (χ0v) is 11.4. The van der Waals surface area contributed by atoms with Crippen LogP contribution in [0.25, 0.3) is 10.1 Å². The monoisotopic (exact) mass is 262 g/mol. The number of benzene rings is 1. The first-order valence-electron chi connectivity index (χ1n) is 6.40. The largest absolute Gasteiger partial charge is 0.379 e. The van der Waals surface area contributed by atoms with E-state index in [0.717, 1.165) is 26.3 Å². The summed E-state index contributed by atoms with van der Waals surface area (Å²) in [5.41, 5.74) is 3.56. The van der Waals surface area contributed by atoms with Gasteiger partial charge in [0, 0.05) is 22.7 Å². The quantitative estimate of drug-likeness (QED) is 0.920. The molecule has 1 aromatic carbocycles. The molecule has 1 aromatic heterocycles. The summed E-state index contributed by atoms with van der Waals surface area (Å²) in [7, 11) is 0. The average Bonchev–Trinajstić information content (AvgIpc) is 2.84. The molecule has 1 fully saturated rings. The maximum atomic E-state index is 5.36. The fraction of sp³-hybridized carbons (Fsp3) is 0.429. The summed E-state index contributed by atoms with van der Waals surface area (Å²) in [6.45, 7) is 5.81. The van der Waals surface area contributed by atoms with Crippen LogP contribution in [0.4, 0.5) is 0 Å². The van der Waals surface area contributed by atoms with Crippen molar-refractivity contribution >= 4 is 21.4 Å². The van der Waals surface area contributed by atoms with Crippen LogP contribution >= 0.6 is 11.3 Å². The second-order valence-electron chi connectivity index (χ2n) is 4.64. The van der Waals surface area contributed by atoms with Crippen molar-refractivity contribution in [1.82, 2.24) is 10.4 Å². The van der Waals surface area contributed by atoms with E-state index >= 15 is 0 Å². The number of hydrogen-bond donors (Lipinski definition) is 1. The lowest BCUT2D eigenvalue weighted by atomic mass is 10.2. The van der Waals surface area contributed by atoms with E-state index in [-0.39, 0.29) is 0 Å². The molecule has 1 saturated heterocycles. The number of nitrogens with zero attached hydrogens (tertiary/aromatic N) is 1. The molecule has 0 spiro atoms. The fourth-order valence-electron chi connectivity index (χ4n) is 2.25. The lowest BCUT2D eigenvalue weighted by molar-refractivity contribution is 0.00512. The lowest BCUT2D eigenvalue weighted by Crippen LogP contribution is -2.46. The molecule has 0 radical (unpaired) electrons. The maximum Gasteiger partial charge on any atom is 0.0608 e. The van der Waals surface area contributed by atoms with E-state index in [2.05, 4.69) is 47.7 Å². The van der Waals surface area contributed by atoms with E-state index < -0.39 is 0 Å². The molecule has 1 unspecified atom stereocenters. The van der Waals surface area contributed by atoms with Crippen molar-refractivity contribution in [2.75, 3.05) is 26.3 Å². The Morgan fingerprint density at radius 2 is 2.06 bits per heavy atom. The van der Waals surface area contributed by atoms with Gasteiger partial charge >= 0.3 is 0 Å². The van der Waals surface area contributed by atoms with Gasteiger partial charge in [-0.15, -0.1) is 11.3 Å². The SMILES string of the molecule is CC(NN1CCOCC1)c1cc2ccccc2s1. The van der Waals surface area contributed by atoms with Gasteiger partial charge < -0.3 is 4.74 Å². The summed E-state index contributed by atoms with van der Waals surface area (Å²) in [6, 6.07) is 11.2. The van der Waals surface area contributed by atoms with Crippen molar-refractivity contribution in [2.45, 2.75) is 13.0 Å². The van der Waals surface area contributed by atoms with Gasteiger partial charge in [-0.05, 0) is 24.4 Å². The lowest BCUT2D eigenvalue weighted by Gasteiger charge is -2.29. The molecule has 1 aliphatic rings. The van der Waals surface area contributed by atoms with Crippen LogP contribution < -0.4 is 5.43 Å². The Morgan fingerprint density at radius 1 is 1.28 bits per heavy atom. The third kappa shape index (κ3) is 2.57. The Balaban J connectivity index is 1.72. The Bertz CT molecular complexity index is 486. The highest BCUT2D eigenvalue weighted by atomic mass is 32.1. The van der Waals surface area contributed by atoms with Gasteiger partial charge in [-0.1, -0.05) is 18.2 Å². The van der Waals surface area contributed by atoms with Crippen LogP contribution in [0.2, 0.25) is 0 Å². The maximum absolute atomic E-state index is 5.36. The first kappa shape index (κ1) is 12.1. The van der Waals surface area contributed by atoms with Gasteiger partial charge in [-0.25, -0.2) is 10.4 Å². The zero-order valence-electron chi connectivity index (χ0n) is 10.6. The zero-order chi connectivity index (χ0) is 12.4. The Labute approximate surface area is 111 Å². The van der Waals surface area contributed by atoms with E-state index in [0.29, 0.717) is 6.04 Å². The number of nitrogens with one attached hydrogen (secondary N) is 1. The topological polar surface area (TPSA) is 24.5 Å². The summed E-state index contributed by atoms with van der Waals surface area (Å²) in [5.74, 6) is 0. The molecule has 0 aliphatic carbocycles. The summed E-state index contributed by atoms with van der Waals surface area (Å²) < 4.78 is 6.72. The molecule has 1 atom stereocenters. The number of rotatable bonds is 3. The summed E-state index contributed by atoms with van der Waals surface area (Å²) in [5, 5.41) is 3.60. The highest BCUT2D eigenvalue weighted by Gasteiger charge is 2.15. The van der Waals surface area contributed by atoms with E-state index in [9.17, 15) is 0 Å². The van der Waals surface area contributed by atoms with Crippen molar-refractivity contribution in [2.24, 2.45) is 0 Å². The molecule has 1 N–H and O–H groups in total. The van der Waals surface area contributed by atoms with Gasteiger partial charge in [0.1, 0.15) is 0 Å². The van der Waals surface area contributed by atoms with E-state index in [1.165, 1.54) is 15.0 Å². The molecule has 1 aliphatic heterocycles. The average molecular weight is 262 g/mol. The fourth-order valence-corrected chi connectivity index (χ4v) is 3.31. The van der Waals surface area contributed by atoms with Crippen LogP contribution in [0, 0.1) is 0 Å². The summed E-state index contributed by atoms with van der Waals surface area (Å²) in [6.07, 6.45) is 0. The Kier molecular flexibility index (Phi) is 3.61. The van der Waals surface area contributed by atoms with Gasteiger partial charge in [-0.3, -0.25) is 0 Å². The highest BCUT2D eigenvalue weighted by Crippen LogP contribution is 2.29. The highest BCUT2D eigenvalue weighted by molar-refractivity contribution is 7.19. The number of ether oxygens (including phenoxy) is 1. The van der Waals surface area contributed by atoms with Gasteiger partial charge in [0.15, 0.2) is 0 Å². The van der Waals surface area contributed by atoms with Crippen molar-refractivity contribution in [3.05, 3.63) is 35.2 Å². The molecular weight excluding hydrogens is 244 g/mol. The summed E-state index contributed by atoms with van der Waals surface area (Å²) >= 11 is 1.87. The van der Waals surface area contributed by atoms with E-state index in [1.54, 1.807) is 0 Å². The molecule has 4 heteroatoms. The predicted octanol–water partition coefficient (Wildman–Crippen LogP) is 2.80. The minimum Gasteiger partial charge on any atom is -0.379 e. The first-order valence-corrected chi connectivity index (χ1v) is 7.22. The molecule has 18 heavy (non-hydrogen) atoms. The summed E-state index contributed by atoms with van der Waals surface area (Å²) in [4.78, 5) is 1.39. The van der Waals surface area contributed by atoms with Crippen LogP contribution in [-0.4, -0.2) is 31.3 Å². The Morgan fingerprint density at radius 3 is 2.83 bits per heavy atom. The van der Waals surface area contributed by atoms with Crippen LogP contribution in [0.5, 0.6) is 0 Å². The van der Waals surface area contributed by atoms with Crippen LogP contribution in [0.15, 0.2) is 30.3 Å². The molecule has 0 saturated carbocycles. The molecule has 2 heterocycles. The van der Waals surface area contributed by atoms with Crippen molar-refractivity contribution in [1.29, 1.82) is 0 Å². The van der Waals surface area contributed by atoms with Gasteiger partial charge in [0.2, 0.25) is 0 Å². The second-order valence-corrected chi connectivity index (χ2v) is 5.75. The number of morpholine rings is 1. The minimum atomic E-state index is 0.362. The predicted molar refractivity (Wildman–Crippen MR) is 75.8 cm³/mol. The van der Waals surface area contributed by atoms with Gasteiger partial charge in [-0.2, -0.15) is 0 Å². The molecule has 0 amide bonds. The van der Waals surface area contributed by atoms with E-state index in [1.807, 2.05) is 11.3 Å². The third-order valence-corrected chi connectivity index (χ3v) is 4.56. The second kappa shape index (κ2) is 5.36. The molecule has 0 bridgehead atoms. The normalized spacial score (nSPS) is 19.2. The van der Waals surface area contributed by atoms with Gasteiger partial charge in [0.05, 0.1) is 19.3 Å². The van der Waals surface area contributed by atoms with Crippen LogP contribution in [0.1, 0.15) is 17.8 Å². The minimum absolute atomic E-state index is 0.362. The van der Waals surface area contributed by atoms with Crippen molar-refractivity contribution in [3.63, 3.8) is 0 Å². The number of fused-ring (bicyclic) bond motifs is 1.